The van der Waals surface area contributed by atoms with Gasteiger partial charge < -0.3 is 15.6 Å². The smallest absolute Gasteiger partial charge is 0.333 e. The second kappa shape index (κ2) is 17.4. The van der Waals surface area contributed by atoms with Gasteiger partial charge in [0, 0.05) is 24.8 Å². The first-order chi connectivity index (χ1) is 21.9. The molecule has 0 spiro atoms. The predicted molar refractivity (Wildman–Crippen MR) is 191 cm³/mol. The van der Waals surface area contributed by atoms with Crippen molar-refractivity contribution < 1.29 is 24.2 Å². The molecule has 0 saturated carbocycles. The monoisotopic (exact) mass is 922 g/mol. The summed E-state index contributed by atoms with van der Waals surface area (Å²) in [4.78, 5) is 33.1. The van der Waals surface area contributed by atoms with Crippen LogP contribution in [0.4, 0.5) is 0 Å². The highest BCUT2D eigenvalue weighted by molar-refractivity contribution is 9.11. The number of carbonyl (C=O) groups excluding carboxylic acids is 2. The lowest BCUT2D eigenvalue weighted by Gasteiger charge is -2.21. The first-order valence-electron chi connectivity index (χ1n) is 13.8. The molecule has 0 atom stereocenters. The molecule has 0 aliphatic carbocycles. The van der Waals surface area contributed by atoms with Crippen molar-refractivity contribution in [2.75, 3.05) is 7.11 Å². The number of halogens is 4. The Morgan fingerprint density at radius 2 is 1.00 bits per heavy atom. The molecule has 262 valence electrons. The number of primary amides is 1. The summed E-state index contributed by atoms with van der Waals surface area (Å²) in [6, 6.07) is 2.15. The van der Waals surface area contributed by atoms with E-state index in [9.17, 15) is 14.4 Å². The number of aromatic nitrogens is 8. The normalized spacial score (nSPS) is 11.4. The molecular weight excluding hydrogens is 888 g/mol. The van der Waals surface area contributed by atoms with Crippen LogP contribution in [0.3, 0.4) is 0 Å². The second-order valence-electron chi connectivity index (χ2n) is 11.9. The molecule has 0 bridgehead atoms. The number of rotatable bonds is 7. The number of nitrogens with two attached hydrogens (primary N) is 1. The van der Waals surface area contributed by atoms with Gasteiger partial charge in [0.25, 0.3) is 0 Å². The molecule has 4 aromatic heterocycles. The molecule has 15 nitrogen and oxygen atoms in total. The Balaban J connectivity index is 0.000000320. The van der Waals surface area contributed by atoms with Crippen LogP contribution in [-0.2, 0) is 41.3 Å². The first kappa shape index (κ1) is 42.7. The lowest BCUT2D eigenvalue weighted by Crippen LogP contribution is -2.41. The fourth-order valence-corrected chi connectivity index (χ4v) is 4.17. The third-order valence-electron chi connectivity index (χ3n) is 6.58. The van der Waals surface area contributed by atoms with E-state index in [2.05, 4.69) is 94.9 Å². The van der Waals surface area contributed by atoms with Crippen molar-refractivity contribution in [3.8, 4) is 6.07 Å². The minimum Gasteiger partial charge on any atom is -0.479 e. The molecule has 1 amide bonds. The van der Waals surface area contributed by atoms with E-state index in [4.69, 9.17) is 16.1 Å². The van der Waals surface area contributed by atoms with Gasteiger partial charge in [0.2, 0.25) is 5.91 Å². The van der Waals surface area contributed by atoms with Crippen molar-refractivity contribution in [2.24, 2.45) is 5.73 Å². The van der Waals surface area contributed by atoms with Crippen molar-refractivity contribution in [1.29, 1.82) is 5.26 Å². The molecule has 4 rings (SSSR count). The Hall–Kier alpha value is -3.34. The van der Waals surface area contributed by atoms with Gasteiger partial charge in [-0.25, -0.2) is 9.59 Å². The summed E-state index contributed by atoms with van der Waals surface area (Å²) in [6.07, 6.45) is 13.3. The SMILES string of the molecule is CC(C)(C#N)n1cc(Br)cn1.CC(C)(C(=O)O)n1cc(Br)cn1.CC(C)(C(N)=O)n1cc(Br)cn1.COC(=O)C(C)(C)n1cc(Br)cn1. The molecule has 0 saturated heterocycles. The maximum atomic E-state index is 11.3. The number of nitrogens with zero attached hydrogens (tertiary/aromatic N) is 9. The maximum absolute atomic E-state index is 11.3. The summed E-state index contributed by atoms with van der Waals surface area (Å²) in [5.41, 5.74) is 2.10. The summed E-state index contributed by atoms with van der Waals surface area (Å²) in [5, 5.41) is 33.5. The van der Waals surface area contributed by atoms with E-state index >= 15 is 0 Å². The highest BCUT2D eigenvalue weighted by Crippen LogP contribution is 2.20. The first-order valence-corrected chi connectivity index (χ1v) is 17.0. The molecule has 48 heavy (non-hydrogen) atoms. The third kappa shape index (κ3) is 11.7. The highest BCUT2D eigenvalue weighted by Gasteiger charge is 2.32. The summed E-state index contributed by atoms with van der Waals surface area (Å²) in [6.45, 7) is 13.7. The van der Waals surface area contributed by atoms with Crippen LogP contribution in [0.2, 0.25) is 0 Å². The van der Waals surface area contributed by atoms with Crippen LogP contribution in [0.15, 0.2) is 67.5 Å². The van der Waals surface area contributed by atoms with Gasteiger partial charge in [0.1, 0.15) is 11.1 Å². The molecule has 3 N–H and O–H groups in total. The Morgan fingerprint density at radius 1 is 0.688 bits per heavy atom. The fraction of sp³-hybridized carbons (Fsp3) is 0.448. The molecule has 0 aliphatic heterocycles. The second-order valence-corrected chi connectivity index (χ2v) is 15.6. The zero-order chi connectivity index (χ0) is 37.3. The lowest BCUT2D eigenvalue weighted by atomic mass is 10.1. The Labute approximate surface area is 312 Å². The van der Waals surface area contributed by atoms with Crippen LogP contribution in [0.5, 0.6) is 0 Å². The van der Waals surface area contributed by atoms with Crippen LogP contribution in [0, 0.1) is 11.3 Å². The number of methoxy groups -OCH3 is 1. The zero-order valence-corrected chi connectivity index (χ0v) is 34.2. The van der Waals surface area contributed by atoms with Crippen LogP contribution < -0.4 is 5.73 Å². The minimum absolute atomic E-state index is 0.317. The summed E-state index contributed by atoms with van der Waals surface area (Å²) >= 11 is 13.0. The number of hydrogen-bond donors (Lipinski definition) is 2. The molecule has 0 unspecified atom stereocenters. The number of ether oxygens (including phenoxy) is 1. The van der Waals surface area contributed by atoms with Crippen molar-refractivity contribution in [1.82, 2.24) is 39.1 Å². The highest BCUT2D eigenvalue weighted by atomic mass is 79.9. The summed E-state index contributed by atoms with van der Waals surface area (Å²) in [7, 11) is 1.36. The molecule has 0 fully saturated rings. The van der Waals surface area contributed by atoms with Gasteiger partial charge in [-0.05, 0) is 119 Å². The third-order valence-corrected chi connectivity index (χ3v) is 8.22. The average molecular weight is 926 g/mol. The van der Waals surface area contributed by atoms with Crippen LogP contribution in [0.25, 0.3) is 0 Å². The molecular formula is C29H38Br4N10O5. The van der Waals surface area contributed by atoms with Gasteiger partial charge in [0.15, 0.2) is 11.1 Å². The Bertz CT molecular complexity index is 1670. The van der Waals surface area contributed by atoms with E-state index in [0.29, 0.717) is 0 Å². The topological polar surface area (TPSA) is 202 Å². The number of esters is 1. The van der Waals surface area contributed by atoms with Crippen molar-refractivity contribution in [3.05, 3.63) is 67.5 Å². The minimum atomic E-state index is -0.994. The van der Waals surface area contributed by atoms with Crippen LogP contribution in [-0.4, -0.2) is 69.2 Å². The van der Waals surface area contributed by atoms with Crippen molar-refractivity contribution in [2.45, 2.75) is 77.5 Å². The van der Waals surface area contributed by atoms with Gasteiger partial charge in [-0.15, -0.1) is 0 Å². The number of amides is 1. The van der Waals surface area contributed by atoms with E-state index in [-0.39, 0.29) is 5.97 Å². The lowest BCUT2D eigenvalue weighted by molar-refractivity contribution is -0.150. The Morgan fingerprint density at radius 3 is 1.25 bits per heavy atom. The number of nitriles is 1. The standard InChI is InChI=1S/C8H11BrN2O2.C7H10BrN3O.C7H8BrN3.C7H9BrN2O2/c1-8(2,7(12)13-3)11-5-6(9)4-10-11;1-7(2,6(9)12)11-4-5(8)3-10-11;1-7(2,5-9)11-4-6(8)3-10-11;1-7(2,6(11)12)10-4-5(8)3-9-10/h4-5H,1-3H3;3-4H,1-2H3,(H2,9,12);3-4H,1-2H3;3-4H,1-2H3,(H,11,12). The van der Waals surface area contributed by atoms with Crippen molar-refractivity contribution >= 4 is 81.6 Å². The molecule has 0 radical (unpaired) electrons. The molecule has 0 aromatic carbocycles. The number of hydrogen-bond acceptors (Lipinski definition) is 9. The van der Waals surface area contributed by atoms with E-state index in [1.54, 1.807) is 100 Å². The van der Waals surface area contributed by atoms with Crippen LogP contribution in [0.1, 0.15) is 55.4 Å². The average Bonchev–Trinajstić information content (AvgIpc) is 3.82. The van der Waals surface area contributed by atoms with Crippen LogP contribution >= 0.6 is 63.7 Å². The Kier molecular flexibility index (Phi) is 15.4. The van der Waals surface area contributed by atoms with Gasteiger partial charge in [0.05, 0.1) is 55.9 Å². The largest absolute Gasteiger partial charge is 0.479 e. The number of carboxylic acids is 1. The van der Waals surface area contributed by atoms with E-state index in [1.807, 2.05) is 13.8 Å². The zero-order valence-electron chi connectivity index (χ0n) is 27.8. The van der Waals surface area contributed by atoms with Gasteiger partial charge in [-0.2, -0.15) is 25.7 Å². The summed E-state index contributed by atoms with van der Waals surface area (Å²) in [5.74, 6) is -1.63. The quantitative estimate of drug-likeness (QED) is 0.214. The van der Waals surface area contributed by atoms with E-state index < -0.39 is 34.0 Å². The summed E-state index contributed by atoms with van der Waals surface area (Å²) < 4.78 is 14.1. The molecule has 19 heteroatoms. The van der Waals surface area contributed by atoms with Gasteiger partial charge in [-0.3, -0.25) is 23.5 Å². The molecule has 4 heterocycles. The number of carboxylic acid groups (broad SMARTS) is 1. The molecule has 0 aliphatic rings. The van der Waals surface area contributed by atoms with E-state index in [0.717, 1.165) is 17.9 Å². The van der Waals surface area contributed by atoms with Gasteiger partial charge >= 0.3 is 11.9 Å². The predicted octanol–water partition coefficient (Wildman–Crippen LogP) is 5.79. The van der Waals surface area contributed by atoms with Gasteiger partial charge in [-0.1, -0.05) is 0 Å². The molecule has 4 aromatic rings. The number of carbonyl (C=O) groups is 3. The maximum Gasteiger partial charge on any atom is 0.333 e. The van der Waals surface area contributed by atoms with E-state index in [1.165, 1.54) is 16.5 Å². The number of aliphatic carboxylic acids is 1. The van der Waals surface area contributed by atoms with Crippen molar-refractivity contribution in [3.63, 3.8) is 0 Å². The fourth-order valence-electron chi connectivity index (χ4n) is 3.03.